The molecule has 0 fully saturated rings. The molecule has 2 aromatic rings. The SMILES string of the molecule is [CH3][Al][c]1cccc2ccccc12. The van der Waals surface area contributed by atoms with E-state index in [1.807, 2.05) is 0 Å². The van der Waals surface area contributed by atoms with Gasteiger partial charge in [-0.3, -0.25) is 0 Å². The van der Waals surface area contributed by atoms with Gasteiger partial charge in [0.25, 0.3) is 0 Å². The Morgan fingerprint density at radius 2 is 1.67 bits per heavy atom. The van der Waals surface area contributed by atoms with Crippen LogP contribution in [0.1, 0.15) is 0 Å². The molecule has 0 atom stereocenters. The van der Waals surface area contributed by atoms with Crippen LogP contribution in [0.25, 0.3) is 10.8 Å². The molecule has 0 heterocycles. The van der Waals surface area contributed by atoms with E-state index in [9.17, 15) is 0 Å². The van der Waals surface area contributed by atoms with Gasteiger partial charge in [-0.1, -0.05) is 42.5 Å². The van der Waals surface area contributed by atoms with Gasteiger partial charge in [-0.05, 0) is 10.8 Å². The predicted molar refractivity (Wildman–Crippen MR) is 55.2 cm³/mol. The quantitative estimate of drug-likeness (QED) is 0.574. The van der Waals surface area contributed by atoms with Crippen molar-refractivity contribution in [2.24, 2.45) is 0 Å². The normalized spacial score (nSPS) is 10.1. The van der Waals surface area contributed by atoms with E-state index in [0.29, 0.717) is 15.2 Å². The number of rotatable bonds is 1. The highest BCUT2D eigenvalue weighted by atomic mass is 27.1. The maximum absolute atomic E-state index is 2.28. The molecule has 0 bridgehead atoms. The van der Waals surface area contributed by atoms with Gasteiger partial charge < -0.3 is 0 Å². The fourth-order valence-electron chi connectivity index (χ4n) is 1.50. The Bertz CT molecular complexity index is 388. The summed E-state index contributed by atoms with van der Waals surface area (Å²) >= 11 is 0.427. The lowest BCUT2D eigenvalue weighted by Crippen LogP contribution is -2.10. The average Bonchev–Trinajstić information content (AvgIpc) is 2.17. The summed E-state index contributed by atoms with van der Waals surface area (Å²) in [6.45, 7) is 0. The van der Waals surface area contributed by atoms with Crippen molar-refractivity contribution in [3.8, 4) is 0 Å². The summed E-state index contributed by atoms with van der Waals surface area (Å²) in [5.41, 5.74) is 0. The Kier molecular flexibility index (Phi) is 2.17. The molecule has 0 saturated carbocycles. The molecular formula is C11H10Al. The van der Waals surface area contributed by atoms with E-state index in [4.69, 9.17) is 0 Å². The lowest BCUT2D eigenvalue weighted by atomic mass is 10.1. The van der Waals surface area contributed by atoms with Crippen molar-refractivity contribution in [1.82, 2.24) is 0 Å². The molecule has 0 aliphatic rings. The zero-order valence-corrected chi connectivity index (χ0v) is 8.27. The Morgan fingerprint density at radius 1 is 0.917 bits per heavy atom. The first kappa shape index (κ1) is 7.86. The van der Waals surface area contributed by atoms with Crippen LogP contribution in [-0.4, -0.2) is 15.2 Å². The van der Waals surface area contributed by atoms with Crippen LogP contribution < -0.4 is 4.43 Å². The van der Waals surface area contributed by atoms with E-state index in [0.717, 1.165) is 0 Å². The zero-order chi connectivity index (χ0) is 8.39. The summed E-state index contributed by atoms with van der Waals surface area (Å²) in [7, 11) is 0. The third-order valence-corrected chi connectivity index (χ3v) is 3.26. The molecule has 0 nitrogen and oxygen atoms in total. The highest BCUT2D eigenvalue weighted by Gasteiger charge is 1.96. The Morgan fingerprint density at radius 3 is 2.50 bits per heavy atom. The van der Waals surface area contributed by atoms with Crippen molar-refractivity contribution in [2.75, 3.05) is 0 Å². The van der Waals surface area contributed by atoms with Crippen molar-refractivity contribution in [2.45, 2.75) is 5.79 Å². The minimum Gasteiger partial charge on any atom is -0.117 e. The maximum atomic E-state index is 2.28. The van der Waals surface area contributed by atoms with Crippen molar-refractivity contribution in [3.05, 3.63) is 42.5 Å². The first-order chi connectivity index (χ1) is 5.92. The summed E-state index contributed by atoms with van der Waals surface area (Å²) < 4.78 is 1.52. The topological polar surface area (TPSA) is 0 Å². The predicted octanol–water partition coefficient (Wildman–Crippen LogP) is 2.22. The van der Waals surface area contributed by atoms with Gasteiger partial charge in [0, 0.05) is 0 Å². The van der Waals surface area contributed by atoms with Crippen molar-refractivity contribution >= 4 is 30.4 Å². The summed E-state index contributed by atoms with van der Waals surface area (Å²) in [6.07, 6.45) is 0. The average molecular weight is 169 g/mol. The molecule has 2 aromatic carbocycles. The van der Waals surface area contributed by atoms with E-state index in [-0.39, 0.29) is 0 Å². The lowest BCUT2D eigenvalue weighted by Gasteiger charge is -2.02. The van der Waals surface area contributed by atoms with Crippen molar-refractivity contribution in [1.29, 1.82) is 0 Å². The van der Waals surface area contributed by atoms with Gasteiger partial charge in [0.15, 0.2) is 0 Å². The van der Waals surface area contributed by atoms with Gasteiger partial charge in [0.1, 0.15) is 0 Å². The van der Waals surface area contributed by atoms with Crippen LogP contribution in [0.2, 0.25) is 5.79 Å². The number of hydrogen-bond acceptors (Lipinski definition) is 0. The summed E-state index contributed by atoms with van der Waals surface area (Å²) in [5, 5.41) is 2.79. The Balaban J connectivity index is 2.79. The Labute approximate surface area is 78.9 Å². The molecule has 0 aromatic heterocycles. The van der Waals surface area contributed by atoms with Crippen molar-refractivity contribution in [3.63, 3.8) is 0 Å². The zero-order valence-electron chi connectivity index (χ0n) is 7.12. The van der Waals surface area contributed by atoms with E-state index < -0.39 is 0 Å². The minimum atomic E-state index is 0.427. The second kappa shape index (κ2) is 3.31. The standard InChI is InChI=1S/C10H7.CH3.Al/c1-2-6-10-8-4-3-7-9(10)5-1;;/h1-7H;1H3;. The fraction of sp³-hybridized carbons (Fsp3) is 0.0909. The van der Waals surface area contributed by atoms with Gasteiger partial charge in [-0.15, -0.1) is 10.2 Å². The lowest BCUT2D eigenvalue weighted by molar-refractivity contribution is 1.78. The fourth-order valence-corrected chi connectivity index (χ4v) is 2.38. The molecule has 0 saturated heterocycles. The van der Waals surface area contributed by atoms with Crippen LogP contribution in [0.5, 0.6) is 0 Å². The van der Waals surface area contributed by atoms with Crippen LogP contribution in [0.4, 0.5) is 0 Å². The number of fused-ring (bicyclic) bond motifs is 1. The molecule has 0 N–H and O–H groups in total. The summed E-state index contributed by atoms with van der Waals surface area (Å²) in [6, 6.07) is 15.1. The molecule has 1 radical (unpaired) electrons. The third-order valence-electron chi connectivity index (χ3n) is 2.13. The molecule has 12 heavy (non-hydrogen) atoms. The van der Waals surface area contributed by atoms with E-state index >= 15 is 0 Å². The smallest absolute Gasteiger partial charge is 0.117 e. The molecule has 0 aliphatic carbocycles. The molecular weight excluding hydrogens is 159 g/mol. The molecule has 0 unspecified atom stereocenters. The largest absolute Gasteiger partial charge is 0.248 e. The minimum absolute atomic E-state index is 0.427. The molecule has 0 aliphatic heterocycles. The molecule has 0 spiro atoms. The second-order valence-corrected chi connectivity index (χ2v) is 4.06. The molecule has 0 amide bonds. The van der Waals surface area contributed by atoms with E-state index in [2.05, 4.69) is 48.3 Å². The molecule has 1 heteroatoms. The maximum Gasteiger partial charge on any atom is 0.248 e. The van der Waals surface area contributed by atoms with Gasteiger partial charge in [0.2, 0.25) is 15.2 Å². The Hall–Kier alpha value is -0.768. The van der Waals surface area contributed by atoms with Gasteiger partial charge >= 0.3 is 0 Å². The number of benzene rings is 2. The third kappa shape index (κ3) is 1.27. The highest BCUT2D eigenvalue weighted by Crippen LogP contribution is 2.09. The van der Waals surface area contributed by atoms with E-state index in [1.54, 1.807) is 0 Å². The van der Waals surface area contributed by atoms with Gasteiger partial charge in [-0.2, -0.15) is 0 Å². The molecule has 2 rings (SSSR count). The van der Waals surface area contributed by atoms with Crippen LogP contribution in [0.3, 0.4) is 0 Å². The van der Waals surface area contributed by atoms with Crippen LogP contribution in [-0.2, 0) is 0 Å². The number of hydrogen-bond donors (Lipinski definition) is 0. The first-order valence-corrected chi connectivity index (χ1v) is 5.92. The highest BCUT2D eigenvalue weighted by molar-refractivity contribution is 6.55. The second-order valence-electron chi connectivity index (χ2n) is 2.86. The summed E-state index contributed by atoms with van der Waals surface area (Å²) in [5.74, 6) is 2.28. The molecule has 57 valence electrons. The van der Waals surface area contributed by atoms with Gasteiger partial charge in [-0.25, -0.2) is 0 Å². The summed E-state index contributed by atoms with van der Waals surface area (Å²) in [4.78, 5) is 0. The van der Waals surface area contributed by atoms with Crippen LogP contribution in [0, 0.1) is 0 Å². The van der Waals surface area contributed by atoms with E-state index in [1.165, 1.54) is 15.2 Å². The van der Waals surface area contributed by atoms with Gasteiger partial charge in [0.05, 0.1) is 0 Å². The van der Waals surface area contributed by atoms with Crippen LogP contribution in [0.15, 0.2) is 42.5 Å². The van der Waals surface area contributed by atoms with Crippen molar-refractivity contribution < 1.29 is 0 Å². The first-order valence-electron chi connectivity index (χ1n) is 4.19. The monoisotopic (exact) mass is 169 g/mol. The van der Waals surface area contributed by atoms with Crippen LogP contribution >= 0.6 is 0 Å².